The monoisotopic (exact) mass is 591 g/mol. The molecule has 0 aliphatic heterocycles. The smallest absolute Gasteiger partial charge is 0.0734 e. The van der Waals surface area contributed by atoms with E-state index in [-0.39, 0.29) is 5.92 Å². The second-order valence-electron chi connectivity index (χ2n) is 8.65. The predicted octanol–water partition coefficient (Wildman–Crippen LogP) is 10.5. The first kappa shape index (κ1) is 27.7. The fourth-order valence-corrected chi connectivity index (χ4v) is 7.24. The van der Waals surface area contributed by atoms with Crippen molar-refractivity contribution in [3.63, 3.8) is 0 Å². The SMILES string of the molecule is CN(C)C[C@@H](Cc1cc(Cl)cc(Cl)c1Sc1ccccc1)c1ccc(Cl)c(Cl)c1Sc1ccccc1. The van der Waals surface area contributed by atoms with Crippen molar-refractivity contribution in [3.05, 3.63) is 116 Å². The lowest BCUT2D eigenvalue weighted by Gasteiger charge is -2.26. The number of nitrogens with zero attached hydrogens (tertiary/aromatic N) is 1. The van der Waals surface area contributed by atoms with Crippen LogP contribution in [0.1, 0.15) is 17.0 Å². The van der Waals surface area contributed by atoms with Crippen LogP contribution in [0.4, 0.5) is 0 Å². The molecular weight excluding hydrogens is 568 g/mol. The van der Waals surface area contributed by atoms with Crippen LogP contribution in [0.5, 0.6) is 0 Å². The van der Waals surface area contributed by atoms with Gasteiger partial charge in [-0.05, 0) is 74.1 Å². The van der Waals surface area contributed by atoms with E-state index in [2.05, 4.69) is 49.3 Å². The topological polar surface area (TPSA) is 3.24 Å². The van der Waals surface area contributed by atoms with Crippen LogP contribution in [0, 0.1) is 0 Å². The van der Waals surface area contributed by atoms with Crippen LogP contribution in [-0.2, 0) is 6.42 Å². The Morgan fingerprint density at radius 2 is 1.28 bits per heavy atom. The van der Waals surface area contributed by atoms with Crippen molar-refractivity contribution < 1.29 is 0 Å². The van der Waals surface area contributed by atoms with Crippen LogP contribution in [0.25, 0.3) is 0 Å². The van der Waals surface area contributed by atoms with E-state index in [9.17, 15) is 0 Å². The van der Waals surface area contributed by atoms with Gasteiger partial charge in [0.15, 0.2) is 0 Å². The zero-order valence-corrected chi connectivity index (χ0v) is 24.5. The summed E-state index contributed by atoms with van der Waals surface area (Å²) in [6, 6.07) is 28.3. The molecule has 186 valence electrons. The van der Waals surface area contributed by atoms with E-state index >= 15 is 0 Å². The highest BCUT2D eigenvalue weighted by Gasteiger charge is 2.23. The molecule has 36 heavy (non-hydrogen) atoms. The lowest BCUT2D eigenvalue weighted by atomic mass is 9.91. The number of rotatable bonds is 9. The predicted molar refractivity (Wildman–Crippen MR) is 159 cm³/mol. The number of halogens is 4. The zero-order chi connectivity index (χ0) is 25.7. The van der Waals surface area contributed by atoms with Gasteiger partial charge in [-0.2, -0.15) is 0 Å². The third-order valence-corrected chi connectivity index (χ3v) is 9.47. The zero-order valence-electron chi connectivity index (χ0n) is 19.9. The fraction of sp³-hybridized carbons (Fsp3) is 0.172. The second-order valence-corrected chi connectivity index (χ2v) is 12.4. The van der Waals surface area contributed by atoms with Gasteiger partial charge in [0.2, 0.25) is 0 Å². The molecule has 0 saturated heterocycles. The maximum atomic E-state index is 6.81. The molecule has 0 saturated carbocycles. The Hall–Kier alpha value is -1.30. The summed E-state index contributed by atoms with van der Waals surface area (Å²) in [6.07, 6.45) is 0.744. The molecule has 0 spiro atoms. The number of benzene rings is 4. The average molecular weight is 593 g/mol. The number of hydrogen-bond donors (Lipinski definition) is 0. The highest BCUT2D eigenvalue weighted by Crippen LogP contribution is 2.45. The molecule has 4 rings (SSSR count). The summed E-state index contributed by atoms with van der Waals surface area (Å²) in [7, 11) is 4.16. The summed E-state index contributed by atoms with van der Waals surface area (Å²) in [5, 5.41) is 2.41. The summed E-state index contributed by atoms with van der Waals surface area (Å²) in [6.45, 7) is 0.819. The van der Waals surface area contributed by atoms with Crippen LogP contribution < -0.4 is 0 Å². The highest BCUT2D eigenvalue weighted by molar-refractivity contribution is 7.99. The molecule has 0 bridgehead atoms. The molecule has 0 aliphatic carbocycles. The minimum atomic E-state index is 0.130. The summed E-state index contributed by atoms with van der Waals surface area (Å²) in [5.74, 6) is 0.130. The highest BCUT2D eigenvalue weighted by atomic mass is 35.5. The molecule has 0 unspecified atom stereocenters. The van der Waals surface area contributed by atoms with Gasteiger partial charge in [-0.1, -0.05) is 112 Å². The van der Waals surface area contributed by atoms with Gasteiger partial charge < -0.3 is 4.90 Å². The van der Waals surface area contributed by atoms with Crippen molar-refractivity contribution in [2.24, 2.45) is 0 Å². The standard InChI is InChI=1S/C29H25Cl4NS2/c1-34(2)18-20(24-13-14-25(31)27(33)29(24)36-23-11-7-4-8-12-23)15-19-16-21(30)17-26(32)28(19)35-22-9-5-3-6-10-22/h3-14,16-17,20H,15,18H2,1-2H3/t20-/m1/s1. The first-order valence-corrected chi connectivity index (χ1v) is 14.5. The molecule has 0 N–H and O–H groups in total. The van der Waals surface area contributed by atoms with Crippen LogP contribution in [-0.4, -0.2) is 25.5 Å². The maximum Gasteiger partial charge on any atom is 0.0734 e. The van der Waals surface area contributed by atoms with Gasteiger partial charge >= 0.3 is 0 Å². The maximum absolute atomic E-state index is 6.81. The average Bonchev–Trinajstić information content (AvgIpc) is 2.85. The van der Waals surface area contributed by atoms with E-state index < -0.39 is 0 Å². The van der Waals surface area contributed by atoms with Crippen molar-refractivity contribution in [3.8, 4) is 0 Å². The van der Waals surface area contributed by atoms with E-state index in [1.807, 2.05) is 54.6 Å². The first-order chi connectivity index (χ1) is 17.3. The van der Waals surface area contributed by atoms with Crippen molar-refractivity contribution in [1.82, 2.24) is 4.90 Å². The molecule has 0 heterocycles. The molecule has 0 aliphatic rings. The van der Waals surface area contributed by atoms with Crippen molar-refractivity contribution in [2.45, 2.75) is 31.9 Å². The van der Waals surface area contributed by atoms with Crippen molar-refractivity contribution in [2.75, 3.05) is 20.6 Å². The summed E-state index contributed by atoms with van der Waals surface area (Å²) >= 11 is 29.8. The summed E-state index contributed by atoms with van der Waals surface area (Å²) in [4.78, 5) is 6.43. The molecule has 4 aromatic rings. The molecule has 4 aromatic carbocycles. The molecule has 1 atom stereocenters. The Balaban J connectivity index is 1.77. The normalized spacial score (nSPS) is 12.2. The lowest BCUT2D eigenvalue weighted by Crippen LogP contribution is -2.22. The first-order valence-electron chi connectivity index (χ1n) is 11.4. The Morgan fingerprint density at radius 3 is 1.86 bits per heavy atom. The van der Waals surface area contributed by atoms with Crippen LogP contribution in [0.2, 0.25) is 20.1 Å². The lowest BCUT2D eigenvalue weighted by molar-refractivity contribution is 0.369. The minimum Gasteiger partial charge on any atom is -0.309 e. The van der Waals surface area contributed by atoms with Gasteiger partial charge in [0.25, 0.3) is 0 Å². The minimum absolute atomic E-state index is 0.130. The third-order valence-electron chi connectivity index (χ3n) is 5.58. The molecule has 0 fully saturated rings. The number of likely N-dealkylation sites (N-methyl/N-ethyl adjacent to an activating group) is 1. The third kappa shape index (κ3) is 7.17. The van der Waals surface area contributed by atoms with E-state index in [0.717, 1.165) is 43.7 Å². The van der Waals surface area contributed by atoms with Crippen molar-refractivity contribution in [1.29, 1.82) is 0 Å². The van der Waals surface area contributed by atoms with Gasteiger partial charge in [0.05, 0.1) is 15.1 Å². The molecular formula is C29H25Cl4NS2. The van der Waals surface area contributed by atoms with Gasteiger partial charge in [-0.25, -0.2) is 0 Å². The Bertz CT molecular complexity index is 1310. The molecule has 0 amide bonds. The molecule has 1 nitrogen and oxygen atoms in total. The van der Waals surface area contributed by atoms with Gasteiger partial charge in [-0.3, -0.25) is 0 Å². The Labute approximate surface area is 242 Å². The molecule has 0 radical (unpaired) electrons. The fourth-order valence-electron chi connectivity index (χ4n) is 4.04. The number of hydrogen-bond acceptors (Lipinski definition) is 3. The van der Waals surface area contributed by atoms with E-state index in [4.69, 9.17) is 46.4 Å². The summed E-state index contributed by atoms with van der Waals surface area (Å²) < 4.78 is 0. The quantitative estimate of drug-likeness (QED) is 0.190. The Kier molecular flexibility index (Phi) is 9.99. The van der Waals surface area contributed by atoms with Crippen molar-refractivity contribution >= 4 is 69.9 Å². The second kappa shape index (κ2) is 13.0. The van der Waals surface area contributed by atoms with Crippen LogP contribution in [0.3, 0.4) is 0 Å². The van der Waals surface area contributed by atoms with Gasteiger partial charge in [-0.15, -0.1) is 0 Å². The summed E-state index contributed by atoms with van der Waals surface area (Å²) in [5.41, 5.74) is 2.26. The van der Waals surface area contributed by atoms with Crippen LogP contribution >= 0.6 is 69.9 Å². The largest absolute Gasteiger partial charge is 0.309 e. The van der Waals surface area contributed by atoms with Gasteiger partial charge in [0.1, 0.15) is 0 Å². The van der Waals surface area contributed by atoms with E-state index in [1.54, 1.807) is 23.5 Å². The molecule has 0 aromatic heterocycles. The van der Waals surface area contributed by atoms with Gasteiger partial charge in [0, 0.05) is 37.1 Å². The Morgan fingerprint density at radius 1 is 0.694 bits per heavy atom. The van der Waals surface area contributed by atoms with E-state index in [0.29, 0.717) is 20.1 Å². The molecule has 7 heteroatoms. The van der Waals surface area contributed by atoms with E-state index in [1.165, 1.54) is 0 Å². The van der Waals surface area contributed by atoms with Crippen LogP contribution in [0.15, 0.2) is 105 Å².